The summed E-state index contributed by atoms with van der Waals surface area (Å²) < 4.78 is 2.19. The highest BCUT2D eigenvalue weighted by atomic mass is 32.1. The van der Waals surface area contributed by atoms with Crippen LogP contribution in [-0.2, 0) is 5.54 Å². The highest BCUT2D eigenvalue weighted by molar-refractivity contribution is 7.80. The fraction of sp³-hybridized carbons (Fsp3) is 0.500. The van der Waals surface area contributed by atoms with Gasteiger partial charge in [0.15, 0.2) is 10.9 Å². The van der Waals surface area contributed by atoms with Crippen LogP contribution in [0.15, 0.2) is 36.5 Å². The number of nitro benzene ring substituents is 1. The van der Waals surface area contributed by atoms with Crippen molar-refractivity contribution in [2.75, 3.05) is 10.6 Å². The molecule has 0 aliphatic heterocycles. The van der Waals surface area contributed by atoms with Crippen LogP contribution in [0.25, 0.3) is 0 Å². The van der Waals surface area contributed by atoms with Gasteiger partial charge in [-0.1, -0.05) is 0 Å². The number of aromatic nitrogens is 2. The number of non-ortho nitro benzene ring substituents is 1. The highest BCUT2D eigenvalue weighted by Crippen LogP contribution is 2.58. The van der Waals surface area contributed by atoms with Gasteiger partial charge in [0.05, 0.1) is 10.5 Å². The van der Waals surface area contributed by atoms with Gasteiger partial charge < -0.3 is 10.6 Å². The zero-order valence-corrected chi connectivity index (χ0v) is 16.3. The Balaban J connectivity index is 1.25. The van der Waals surface area contributed by atoms with Crippen LogP contribution in [0, 0.1) is 27.9 Å². The van der Waals surface area contributed by atoms with Gasteiger partial charge in [-0.25, -0.2) is 0 Å². The minimum Gasteiger partial charge on any atom is -0.332 e. The third-order valence-corrected chi connectivity index (χ3v) is 6.86. The predicted octanol–water partition coefficient (Wildman–Crippen LogP) is 4.53. The lowest BCUT2D eigenvalue weighted by atomic mass is 9.53. The summed E-state index contributed by atoms with van der Waals surface area (Å²) >= 11 is 5.37. The van der Waals surface area contributed by atoms with Crippen molar-refractivity contribution in [3.63, 3.8) is 0 Å². The second-order valence-corrected chi connectivity index (χ2v) is 9.08. The first-order valence-electron chi connectivity index (χ1n) is 9.88. The Labute approximate surface area is 168 Å². The molecule has 2 N–H and O–H groups in total. The van der Waals surface area contributed by atoms with E-state index in [1.165, 1.54) is 50.7 Å². The number of hydrogen-bond donors (Lipinski definition) is 2. The zero-order valence-electron chi connectivity index (χ0n) is 15.5. The molecule has 4 aliphatic carbocycles. The van der Waals surface area contributed by atoms with Gasteiger partial charge in [0.2, 0.25) is 0 Å². The molecule has 8 heteroatoms. The lowest BCUT2D eigenvalue weighted by Crippen LogP contribution is -2.52. The number of anilines is 2. The van der Waals surface area contributed by atoms with Crippen molar-refractivity contribution < 1.29 is 4.92 Å². The first-order valence-corrected chi connectivity index (χ1v) is 10.3. The van der Waals surface area contributed by atoms with Crippen LogP contribution in [0.2, 0.25) is 0 Å². The Kier molecular flexibility index (Phi) is 4.12. The summed E-state index contributed by atoms with van der Waals surface area (Å²) in [5.74, 6) is 3.35. The Hall–Kier alpha value is -2.48. The maximum atomic E-state index is 10.7. The van der Waals surface area contributed by atoms with Crippen molar-refractivity contribution in [3.05, 3.63) is 46.6 Å². The third-order valence-electron chi connectivity index (χ3n) is 6.66. The first kappa shape index (κ1) is 17.6. The smallest absolute Gasteiger partial charge is 0.269 e. The van der Waals surface area contributed by atoms with Crippen molar-refractivity contribution in [1.82, 2.24) is 9.78 Å². The minimum absolute atomic E-state index is 0.0544. The van der Waals surface area contributed by atoms with E-state index in [0.29, 0.717) is 10.8 Å². The Morgan fingerprint density at radius 3 is 2.25 bits per heavy atom. The predicted molar refractivity (Wildman–Crippen MR) is 111 cm³/mol. The number of nitrogens with zero attached hydrogens (tertiary/aromatic N) is 3. The highest BCUT2D eigenvalue weighted by Gasteiger charge is 2.52. The second-order valence-electron chi connectivity index (χ2n) is 8.67. The van der Waals surface area contributed by atoms with Gasteiger partial charge in [-0.3, -0.25) is 14.8 Å². The molecule has 146 valence electrons. The average molecular weight is 398 g/mol. The van der Waals surface area contributed by atoms with Crippen LogP contribution < -0.4 is 10.6 Å². The van der Waals surface area contributed by atoms with Crippen LogP contribution in [0.3, 0.4) is 0 Å². The van der Waals surface area contributed by atoms with Crippen LogP contribution in [0.1, 0.15) is 38.5 Å². The van der Waals surface area contributed by atoms with Gasteiger partial charge in [0.1, 0.15) is 0 Å². The lowest BCUT2D eigenvalue weighted by molar-refractivity contribution is -0.384. The summed E-state index contributed by atoms with van der Waals surface area (Å²) in [4.78, 5) is 10.3. The van der Waals surface area contributed by atoms with E-state index in [2.05, 4.69) is 21.5 Å². The van der Waals surface area contributed by atoms with Gasteiger partial charge in [-0.05, 0) is 80.6 Å². The van der Waals surface area contributed by atoms with Crippen molar-refractivity contribution in [1.29, 1.82) is 0 Å². The van der Waals surface area contributed by atoms with E-state index < -0.39 is 4.92 Å². The van der Waals surface area contributed by atoms with Gasteiger partial charge in [-0.2, -0.15) is 5.10 Å². The molecule has 1 aromatic carbocycles. The quantitative estimate of drug-likeness (QED) is 0.448. The third kappa shape index (κ3) is 3.15. The molecule has 28 heavy (non-hydrogen) atoms. The maximum Gasteiger partial charge on any atom is 0.269 e. The van der Waals surface area contributed by atoms with E-state index in [-0.39, 0.29) is 11.2 Å². The van der Waals surface area contributed by atoms with Gasteiger partial charge >= 0.3 is 0 Å². The number of rotatable bonds is 4. The fourth-order valence-electron chi connectivity index (χ4n) is 5.95. The van der Waals surface area contributed by atoms with Crippen LogP contribution in [-0.4, -0.2) is 19.8 Å². The Morgan fingerprint density at radius 1 is 1.07 bits per heavy atom. The molecule has 0 amide bonds. The maximum absolute atomic E-state index is 10.7. The zero-order chi connectivity index (χ0) is 19.3. The number of nitro groups is 1. The molecule has 0 spiro atoms. The molecular weight excluding hydrogens is 374 g/mol. The fourth-order valence-corrected chi connectivity index (χ4v) is 6.17. The molecule has 1 heterocycles. The van der Waals surface area contributed by atoms with Crippen LogP contribution in [0.5, 0.6) is 0 Å². The summed E-state index contributed by atoms with van der Waals surface area (Å²) in [5.41, 5.74) is 0.949. The van der Waals surface area contributed by atoms with Gasteiger partial charge in [-0.15, -0.1) is 0 Å². The Bertz CT molecular complexity index is 888. The molecule has 4 bridgehead atoms. The summed E-state index contributed by atoms with van der Waals surface area (Å²) in [7, 11) is 0. The molecule has 4 aliphatic rings. The van der Waals surface area contributed by atoms with Gasteiger partial charge in [0.25, 0.3) is 5.69 Å². The lowest BCUT2D eigenvalue weighted by Gasteiger charge is -2.56. The van der Waals surface area contributed by atoms with E-state index in [0.717, 1.165) is 23.6 Å². The standard InChI is InChI=1S/C20H23N5O2S/c26-25(27)17-3-1-16(2-4-17)21-19(28)22-18-5-6-24(23-18)20-10-13-7-14(11-20)9-15(8-13)12-20/h1-6,13-15H,7-12H2,(H2,21,22,23,28). The van der Waals surface area contributed by atoms with Crippen LogP contribution in [0.4, 0.5) is 17.2 Å². The SMILES string of the molecule is O=[N+]([O-])c1ccc(NC(=S)Nc2ccn(C34CC5CC(CC(C5)C3)C4)n2)cc1. The van der Waals surface area contributed by atoms with Crippen LogP contribution >= 0.6 is 12.2 Å². The number of thiocarbonyl (C=S) groups is 1. The Morgan fingerprint density at radius 2 is 1.68 bits per heavy atom. The topological polar surface area (TPSA) is 85.0 Å². The number of hydrogen-bond acceptors (Lipinski definition) is 4. The molecule has 0 radical (unpaired) electrons. The average Bonchev–Trinajstić information content (AvgIpc) is 3.10. The molecule has 4 fully saturated rings. The van der Waals surface area contributed by atoms with Crippen molar-refractivity contribution in [3.8, 4) is 0 Å². The summed E-state index contributed by atoms with van der Waals surface area (Å²) in [6, 6.07) is 8.15. The van der Waals surface area contributed by atoms with E-state index >= 15 is 0 Å². The summed E-state index contributed by atoms with van der Waals surface area (Å²) in [5, 5.41) is 22.2. The monoisotopic (exact) mass is 397 g/mol. The van der Waals surface area contributed by atoms with E-state index in [9.17, 15) is 10.1 Å². The number of nitrogens with one attached hydrogen (secondary N) is 2. The molecule has 0 atom stereocenters. The van der Waals surface area contributed by atoms with Crippen molar-refractivity contribution in [2.24, 2.45) is 17.8 Å². The molecule has 1 aromatic heterocycles. The largest absolute Gasteiger partial charge is 0.332 e. The van der Waals surface area contributed by atoms with Crippen molar-refractivity contribution >= 4 is 34.5 Å². The molecule has 7 nitrogen and oxygen atoms in total. The molecular formula is C20H23N5O2S. The normalized spacial score (nSPS) is 30.2. The minimum atomic E-state index is -0.419. The molecule has 2 aromatic rings. The van der Waals surface area contributed by atoms with Gasteiger partial charge in [0, 0.05) is 30.1 Å². The van der Waals surface area contributed by atoms with E-state index in [4.69, 9.17) is 17.3 Å². The van der Waals surface area contributed by atoms with Crippen molar-refractivity contribution in [2.45, 2.75) is 44.1 Å². The first-order chi connectivity index (χ1) is 13.5. The molecule has 6 rings (SSSR count). The molecule has 0 saturated heterocycles. The summed E-state index contributed by atoms with van der Waals surface area (Å²) in [6.07, 6.45) is 10.1. The summed E-state index contributed by atoms with van der Waals surface area (Å²) in [6.45, 7) is 0. The second kappa shape index (κ2) is 6.55. The van der Waals surface area contributed by atoms with E-state index in [1.807, 2.05) is 6.07 Å². The molecule has 0 unspecified atom stereocenters. The number of benzene rings is 1. The van der Waals surface area contributed by atoms with E-state index in [1.54, 1.807) is 12.1 Å². The molecule has 4 saturated carbocycles.